The third-order valence-electron chi connectivity index (χ3n) is 5.25. The standard InChI is InChI=1S/C11H16O3S/c12-15(13)11-2-5-1-8(11)7-4-10-9(14-10)3-6(5)7/h5-11H,1-4H2,(H,12,13)/t5?,6?,7?,8?,9?,10-,11?/m0/s1. The van der Waals surface area contributed by atoms with E-state index in [1.807, 2.05) is 0 Å². The molecule has 1 aliphatic heterocycles. The Bertz CT molecular complexity index is 332. The Kier molecular flexibility index (Phi) is 1.73. The summed E-state index contributed by atoms with van der Waals surface area (Å²) in [6.45, 7) is 0. The first kappa shape index (κ1) is 9.14. The molecule has 0 spiro atoms. The molecule has 0 aromatic rings. The van der Waals surface area contributed by atoms with Gasteiger partial charge in [0.05, 0.1) is 17.5 Å². The van der Waals surface area contributed by atoms with Crippen molar-refractivity contribution in [2.24, 2.45) is 23.7 Å². The molecule has 8 atom stereocenters. The van der Waals surface area contributed by atoms with Crippen molar-refractivity contribution in [1.29, 1.82) is 0 Å². The van der Waals surface area contributed by atoms with E-state index in [2.05, 4.69) is 0 Å². The number of hydrogen-bond acceptors (Lipinski definition) is 2. The average Bonchev–Trinajstić information content (AvgIpc) is 2.69. The predicted octanol–water partition coefficient (Wildman–Crippen LogP) is 1.41. The monoisotopic (exact) mass is 228 g/mol. The number of fused-ring (bicyclic) bond motifs is 6. The van der Waals surface area contributed by atoms with E-state index < -0.39 is 11.1 Å². The van der Waals surface area contributed by atoms with Crippen molar-refractivity contribution in [2.45, 2.75) is 43.1 Å². The third-order valence-corrected chi connectivity index (χ3v) is 6.31. The first-order chi connectivity index (χ1) is 7.24. The molecule has 84 valence electrons. The van der Waals surface area contributed by atoms with Gasteiger partial charge >= 0.3 is 0 Å². The molecule has 0 aromatic carbocycles. The van der Waals surface area contributed by atoms with Crippen LogP contribution in [-0.4, -0.2) is 26.2 Å². The van der Waals surface area contributed by atoms with Crippen LogP contribution in [0, 0.1) is 23.7 Å². The van der Waals surface area contributed by atoms with Gasteiger partial charge in [0.2, 0.25) is 0 Å². The van der Waals surface area contributed by atoms with Gasteiger partial charge in [-0.1, -0.05) is 0 Å². The van der Waals surface area contributed by atoms with Crippen molar-refractivity contribution in [2.75, 3.05) is 0 Å². The molecule has 7 unspecified atom stereocenters. The first-order valence-corrected chi connectivity index (χ1v) is 7.16. The molecule has 1 saturated heterocycles. The highest BCUT2D eigenvalue weighted by atomic mass is 32.2. The molecule has 0 amide bonds. The highest BCUT2D eigenvalue weighted by Gasteiger charge is 2.60. The zero-order valence-corrected chi connectivity index (χ0v) is 9.36. The van der Waals surface area contributed by atoms with Crippen LogP contribution in [0.15, 0.2) is 0 Å². The van der Waals surface area contributed by atoms with Gasteiger partial charge in [-0.25, -0.2) is 4.21 Å². The molecule has 1 heterocycles. The summed E-state index contributed by atoms with van der Waals surface area (Å²) in [5.74, 6) is 2.77. The van der Waals surface area contributed by atoms with E-state index in [1.165, 1.54) is 19.3 Å². The van der Waals surface area contributed by atoms with Crippen molar-refractivity contribution in [1.82, 2.24) is 0 Å². The molecule has 4 rings (SSSR count). The lowest BCUT2D eigenvalue weighted by atomic mass is 9.71. The lowest BCUT2D eigenvalue weighted by Gasteiger charge is -2.36. The number of epoxide rings is 1. The van der Waals surface area contributed by atoms with Gasteiger partial charge in [-0.05, 0) is 49.4 Å². The Hall–Kier alpha value is 0.0700. The molecule has 3 aliphatic carbocycles. The van der Waals surface area contributed by atoms with E-state index in [0.29, 0.717) is 24.0 Å². The number of ether oxygens (including phenoxy) is 1. The molecular formula is C11H16O3S. The third kappa shape index (κ3) is 1.16. The Balaban J connectivity index is 1.61. The Labute approximate surface area is 91.9 Å². The van der Waals surface area contributed by atoms with Crippen LogP contribution in [0.1, 0.15) is 25.7 Å². The van der Waals surface area contributed by atoms with Crippen LogP contribution in [-0.2, 0) is 15.8 Å². The fourth-order valence-corrected chi connectivity index (χ4v) is 5.64. The zero-order valence-electron chi connectivity index (χ0n) is 8.54. The number of rotatable bonds is 1. The highest BCUT2D eigenvalue weighted by Crippen LogP contribution is 2.61. The van der Waals surface area contributed by atoms with Gasteiger partial charge in [0.25, 0.3) is 0 Å². The fourth-order valence-electron chi connectivity index (χ4n) is 4.62. The van der Waals surface area contributed by atoms with Crippen LogP contribution in [0.25, 0.3) is 0 Å². The Morgan fingerprint density at radius 3 is 2.47 bits per heavy atom. The van der Waals surface area contributed by atoms with E-state index in [9.17, 15) is 8.76 Å². The number of hydrogen-bond donors (Lipinski definition) is 1. The topological polar surface area (TPSA) is 49.8 Å². The maximum Gasteiger partial charge on any atom is 0.156 e. The van der Waals surface area contributed by atoms with Crippen molar-refractivity contribution < 1.29 is 13.5 Å². The molecule has 0 aromatic heterocycles. The van der Waals surface area contributed by atoms with Crippen LogP contribution < -0.4 is 0 Å². The molecule has 15 heavy (non-hydrogen) atoms. The average molecular weight is 228 g/mol. The van der Waals surface area contributed by atoms with Gasteiger partial charge < -0.3 is 9.29 Å². The molecule has 4 aliphatic rings. The SMILES string of the molecule is O=S(O)C1CC2CC1C1C[C@@H]3OC3CC21. The second-order valence-corrected chi connectivity index (χ2v) is 6.88. The van der Waals surface area contributed by atoms with Gasteiger partial charge in [0, 0.05) is 0 Å². The molecule has 3 nitrogen and oxygen atoms in total. The van der Waals surface area contributed by atoms with Crippen LogP contribution in [0.5, 0.6) is 0 Å². The van der Waals surface area contributed by atoms with E-state index in [4.69, 9.17) is 4.74 Å². The second kappa shape index (κ2) is 2.84. The van der Waals surface area contributed by atoms with Gasteiger partial charge in [0.1, 0.15) is 0 Å². The fraction of sp³-hybridized carbons (Fsp3) is 1.00. The minimum Gasteiger partial charge on any atom is -0.370 e. The smallest absolute Gasteiger partial charge is 0.156 e. The summed E-state index contributed by atoms with van der Waals surface area (Å²) in [6.07, 6.45) is 5.69. The van der Waals surface area contributed by atoms with Crippen molar-refractivity contribution in [3.05, 3.63) is 0 Å². The Morgan fingerprint density at radius 1 is 1.00 bits per heavy atom. The first-order valence-electron chi connectivity index (χ1n) is 5.99. The van der Waals surface area contributed by atoms with Gasteiger partial charge in [-0.2, -0.15) is 0 Å². The maximum atomic E-state index is 11.2. The Morgan fingerprint density at radius 2 is 1.73 bits per heavy atom. The van der Waals surface area contributed by atoms with Crippen LogP contribution >= 0.6 is 0 Å². The predicted molar refractivity (Wildman–Crippen MR) is 55.6 cm³/mol. The summed E-state index contributed by atoms with van der Waals surface area (Å²) < 4.78 is 26.1. The quantitative estimate of drug-likeness (QED) is 0.545. The van der Waals surface area contributed by atoms with E-state index in [-0.39, 0.29) is 5.25 Å². The molecule has 2 bridgehead atoms. The molecule has 4 heteroatoms. The van der Waals surface area contributed by atoms with E-state index >= 15 is 0 Å². The summed E-state index contributed by atoms with van der Waals surface area (Å²) >= 11 is -1.59. The van der Waals surface area contributed by atoms with Gasteiger partial charge in [-0.3, -0.25) is 0 Å². The molecule has 3 saturated carbocycles. The summed E-state index contributed by atoms with van der Waals surface area (Å²) in [7, 11) is 0. The molecule has 4 fully saturated rings. The second-order valence-electron chi connectivity index (χ2n) is 5.72. The van der Waals surface area contributed by atoms with E-state index in [1.54, 1.807) is 0 Å². The summed E-state index contributed by atoms with van der Waals surface area (Å²) in [4.78, 5) is 0. The lowest BCUT2D eigenvalue weighted by Crippen LogP contribution is -2.37. The minimum absolute atomic E-state index is 0.0755. The summed E-state index contributed by atoms with van der Waals surface area (Å²) in [5.41, 5.74) is 0. The lowest BCUT2D eigenvalue weighted by molar-refractivity contribution is 0.178. The van der Waals surface area contributed by atoms with Crippen LogP contribution in [0.4, 0.5) is 0 Å². The van der Waals surface area contributed by atoms with Gasteiger partial charge in [-0.15, -0.1) is 0 Å². The van der Waals surface area contributed by atoms with Crippen LogP contribution in [0.3, 0.4) is 0 Å². The van der Waals surface area contributed by atoms with Crippen molar-refractivity contribution >= 4 is 11.1 Å². The largest absolute Gasteiger partial charge is 0.370 e. The highest BCUT2D eigenvalue weighted by molar-refractivity contribution is 7.79. The van der Waals surface area contributed by atoms with Gasteiger partial charge in [0.15, 0.2) is 11.1 Å². The van der Waals surface area contributed by atoms with Crippen molar-refractivity contribution in [3.63, 3.8) is 0 Å². The zero-order chi connectivity index (χ0) is 10.2. The summed E-state index contributed by atoms with van der Waals surface area (Å²) in [5, 5.41) is 0.0755. The normalized spacial score (nSPS) is 62.3. The summed E-state index contributed by atoms with van der Waals surface area (Å²) in [6, 6.07) is 0. The molecule has 0 radical (unpaired) electrons. The molecular weight excluding hydrogens is 212 g/mol. The molecule has 1 N–H and O–H groups in total. The van der Waals surface area contributed by atoms with Crippen LogP contribution in [0.2, 0.25) is 0 Å². The van der Waals surface area contributed by atoms with Crippen molar-refractivity contribution in [3.8, 4) is 0 Å². The maximum absolute atomic E-state index is 11.2. The van der Waals surface area contributed by atoms with E-state index in [0.717, 1.165) is 18.3 Å². The minimum atomic E-state index is -1.59.